The van der Waals surface area contributed by atoms with Crippen LogP contribution in [0.15, 0.2) is 83.9 Å². The predicted octanol–water partition coefficient (Wildman–Crippen LogP) is 3.24. The molecule has 0 unspecified atom stereocenters. The molecule has 1 atom stereocenters. The lowest BCUT2D eigenvalue weighted by Crippen LogP contribution is -2.42. The number of hydrogen-bond donors (Lipinski definition) is 4. The summed E-state index contributed by atoms with van der Waals surface area (Å²) in [6.45, 7) is 0. The minimum Gasteiger partial charge on any atom is -0.480 e. The van der Waals surface area contributed by atoms with E-state index in [1.54, 1.807) is 18.3 Å². The van der Waals surface area contributed by atoms with Gasteiger partial charge in [-0.1, -0.05) is 30.0 Å². The van der Waals surface area contributed by atoms with Crippen LogP contribution in [0.3, 0.4) is 0 Å². The van der Waals surface area contributed by atoms with Gasteiger partial charge in [-0.15, -0.1) is 0 Å². The number of sulfonamides is 1. The summed E-state index contributed by atoms with van der Waals surface area (Å²) in [6, 6.07) is 17.8. The van der Waals surface area contributed by atoms with Gasteiger partial charge in [0, 0.05) is 34.6 Å². The lowest BCUT2D eigenvalue weighted by molar-refractivity contribution is -0.138. The highest BCUT2D eigenvalue weighted by molar-refractivity contribution is 7.89. The van der Waals surface area contributed by atoms with Gasteiger partial charge in [0.25, 0.3) is 0 Å². The van der Waals surface area contributed by atoms with Crippen LogP contribution in [0, 0.1) is 11.8 Å². The van der Waals surface area contributed by atoms with Gasteiger partial charge in [-0.3, -0.25) is 4.79 Å². The van der Waals surface area contributed by atoms with Crippen LogP contribution in [0.1, 0.15) is 27.0 Å². The molecule has 1 heterocycles. The van der Waals surface area contributed by atoms with E-state index in [4.69, 9.17) is 5.11 Å². The van der Waals surface area contributed by atoms with E-state index >= 15 is 0 Å². The summed E-state index contributed by atoms with van der Waals surface area (Å²) < 4.78 is 28.0. The summed E-state index contributed by atoms with van der Waals surface area (Å²) in [5, 5.41) is 19.4. The molecule has 9 heteroatoms. The Hall–Kier alpha value is -4.39. The third kappa shape index (κ3) is 5.58. The summed E-state index contributed by atoms with van der Waals surface area (Å²) in [4.78, 5) is 25.7. The minimum absolute atomic E-state index is 0.0250. The second-order valence-electron chi connectivity index (χ2n) is 7.73. The molecular formula is C26H20N2O6S. The van der Waals surface area contributed by atoms with Crippen molar-refractivity contribution in [1.29, 1.82) is 0 Å². The van der Waals surface area contributed by atoms with Crippen molar-refractivity contribution in [2.75, 3.05) is 0 Å². The Morgan fingerprint density at radius 2 is 1.49 bits per heavy atom. The zero-order chi connectivity index (χ0) is 25.0. The standard InChI is InChI=1S/C26H20N2O6S/c29-25(30)19-11-7-17(8-12-19)5-6-18-9-13-21(14-10-18)35(33,34)28-24(26(31)32)15-20-16-27-23-4-2-1-3-22(20)23/h1-4,7-14,16,24,27-28H,15H2,(H,29,30)(H,31,32)/t24-/m1/s1. The van der Waals surface area contributed by atoms with E-state index in [0.29, 0.717) is 16.7 Å². The number of fused-ring (bicyclic) bond motifs is 1. The molecule has 0 spiro atoms. The number of aromatic carboxylic acids is 1. The lowest BCUT2D eigenvalue weighted by atomic mass is 10.1. The molecule has 0 fully saturated rings. The van der Waals surface area contributed by atoms with Crippen molar-refractivity contribution in [2.45, 2.75) is 17.4 Å². The highest BCUT2D eigenvalue weighted by atomic mass is 32.2. The summed E-state index contributed by atoms with van der Waals surface area (Å²) in [5.74, 6) is 3.46. The molecule has 8 nitrogen and oxygen atoms in total. The fourth-order valence-electron chi connectivity index (χ4n) is 3.51. The maximum Gasteiger partial charge on any atom is 0.335 e. The van der Waals surface area contributed by atoms with Crippen LogP contribution in [0.2, 0.25) is 0 Å². The molecule has 4 aromatic rings. The Bertz CT molecular complexity index is 1560. The van der Waals surface area contributed by atoms with Crippen molar-refractivity contribution in [1.82, 2.24) is 9.71 Å². The average Bonchev–Trinajstić information content (AvgIpc) is 3.25. The van der Waals surface area contributed by atoms with Gasteiger partial charge < -0.3 is 15.2 Å². The molecule has 0 aliphatic heterocycles. The Morgan fingerprint density at radius 1 is 0.886 bits per heavy atom. The van der Waals surface area contributed by atoms with Crippen molar-refractivity contribution >= 4 is 32.9 Å². The monoisotopic (exact) mass is 488 g/mol. The first kappa shape index (κ1) is 23.8. The van der Waals surface area contributed by atoms with Gasteiger partial charge in [-0.25, -0.2) is 13.2 Å². The second-order valence-corrected chi connectivity index (χ2v) is 9.45. The van der Waals surface area contributed by atoms with Crippen LogP contribution in [-0.4, -0.2) is 41.6 Å². The van der Waals surface area contributed by atoms with Crippen LogP contribution in [0.4, 0.5) is 0 Å². The summed E-state index contributed by atoms with van der Waals surface area (Å²) in [7, 11) is -4.10. The smallest absolute Gasteiger partial charge is 0.335 e. The van der Waals surface area contributed by atoms with Gasteiger partial charge >= 0.3 is 11.9 Å². The number of aromatic nitrogens is 1. The molecule has 176 valence electrons. The molecule has 35 heavy (non-hydrogen) atoms. The van der Waals surface area contributed by atoms with Gasteiger partial charge in [0.15, 0.2) is 0 Å². The second kappa shape index (κ2) is 9.85. The third-order valence-electron chi connectivity index (χ3n) is 5.34. The maximum atomic E-state index is 12.9. The number of aromatic amines is 1. The number of rotatable bonds is 7. The van der Waals surface area contributed by atoms with Crippen LogP contribution in [-0.2, 0) is 21.2 Å². The number of carboxylic acid groups (broad SMARTS) is 2. The Kier molecular flexibility index (Phi) is 6.68. The molecule has 0 bridgehead atoms. The number of carbonyl (C=O) groups is 2. The largest absolute Gasteiger partial charge is 0.480 e. The number of benzene rings is 3. The van der Waals surface area contributed by atoms with Crippen molar-refractivity contribution in [3.05, 3.63) is 101 Å². The molecule has 0 radical (unpaired) electrons. The van der Waals surface area contributed by atoms with E-state index in [2.05, 4.69) is 21.5 Å². The van der Waals surface area contributed by atoms with Crippen molar-refractivity contribution in [2.24, 2.45) is 0 Å². The van der Waals surface area contributed by atoms with Gasteiger partial charge in [0.1, 0.15) is 6.04 Å². The van der Waals surface area contributed by atoms with Crippen molar-refractivity contribution in [3.63, 3.8) is 0 Å². The number of aliphatic carboxylic acids is 1. The quantitative estimate of drug-likeness (QED) is 0.295. The van der Waals surface area contributed by atoms with Gasteiger partial charge in [0.2, 0.25) is 10.0 Å². The van der Waals surface area contributed by atoms with E-state index < -0.39 is 28.0 Å². The maximum absolute atomic E-state index is 12.9. The molecule has 0 aliphatic rings. The third-order valence-corrected chi connectivity index (χ3v) is 6.83. The molecule has 0 saturated carbocycles. The number of hydrogen-bond acceptors (Lipinski definition) is 4. The molecule has 4 N–H and O–H groups in total. The van der Waals surface area contributed by atoms with E-state index in [-0.39, 0.29) is 16.9 Å². The van der Waals surface area contributed by atoms with E-state index in [1.165, 1.54) is 36.4 Å². The molecule has 0 amide bonds. The molecule has 3 aromatic carbocycles. The Labute approximate surface area is 201 Å². The minimum atomic E-state index is -4.10. The molecule has 0 saturated heterocycles. The lowest BCUT2D eigenvalue weighted by Gasteiger charge is -2.14. The van der Waals surface area contributed by atoms with Gasteiger partial charge in [-0.2, -0.15) is 4.72 Å². The Morgan fingerprint density at radius 3 is 2.09 bits per heavy atom. The van der Waals surface area contributed by atoms with Crippen molar-refractivity contribution < 1.29 is 28.2 Å². The van der Waals surface area contributed by atoms with Crippen LogP contribution < -0.4 is 4.72 Å². The Balaban J connectivity index is 1.49. The topological polar surface area (TPSA) is 137 Å². The molecular weight excluding hydrogens is 468 g/mol. The van der Waals surface area contributed by atoms with Crippen LogP contribution in [0.5, 0.6) is 0 Å². The SMILES string of the molecule is O=C(O)c1ccc(C#Cc2ccc(S(=O)(=O)N[C@H](Cc3c[nH]c4ccccc34)C(=O)O)cc2)cc1. The highest BCUT2D eigenvalue weighted by Crippen LogP contribution is 2.20. The van der Waals surface area contributed by atoms with Gasteiger partial charge in [0.05, 0.1) is 10.5 Å². The fraction of sp³-hybridized carbons (Fsp3) is 0.0769. The zero-order valence-electron chi connectivity index (χ0n) is 18.2. The van der Waals surface area contributed by atoms with Crippen LogP contribution in [0.25, 0.3) is 10.9 Å². The normalized spacial score (nSPS) is 12.0. The summed E-state index contributed by atoms with van der Waals surface area (Å²) in [6.07, 6.45) is 1.65. The average molecular weight is 489 g/mol. The van der Waals surface area contributed by atoms with E-state index in [0.717, 1.165) is 10.9 Å². The number of carboxylic acids is 2. The van der Waals surface area contributed by atoms with Crippen molar-refractivity contribution in [3.8, 4) is 11.8 Å². The number of para-hydroxylation sites is 1. The first-order valence-corrected chi connectivity index (χ1v) is 12.0. The zero-order valence-corrected chi connectivity index (χ0v) is 19.0. The van der Waals surface area contributed by atoms with Crippen LogP contribution >= 0.6 is 0 Å². The van der Waals surface area contributed by atoms with E-state index in [9.17, 15) is 23.1 Å². The highest BCUT2D eigenvalue weighted by Gasteiger charge is 2.26. The number of H-pyrrole nitrogens is 1. The van der Waals surface area contributed by atoms with Gasteiger partial charge in [-0.05, 0) is 60.2 Å². The first-order valence-electron chi connectivity index (χ1n) is 10.5. The fourth-order valence-corrected chi connectivity index (χ4v) is 4.70. The van der Waals surface area contributed by atoms with E-state index in [1.807, 2.05) is 24.3 Å². The molecule has 4 rings (SSSR count). The summed E-state index contributed by atoms with van der Waals surface area (Å²) in [5.41, 5.74) is 2.83. The first-order chi connectivity index (χ1) is 16.7. The molecule has 1 aromatic heterocycles. The summed E-state index contributed by atoms with van der Waals surface area (Å²) >= 11 is 0. The molecule has 0 aliphatic carbocycles. The number of nitrogens with one attached hydrogen (secondary N) is 2. The predicted molar refractivity (Wildman–Crippen MR) is 130 cm³/mol.